The molecule has 0 heterocycles. The molecule has 0 fully saturated rings. The molecule has 0 aliphatic carbocycles. The first-order chi connectivity index (χ1) is 10.1. The molecule has 0 atom stereocenters. The molecule has 0 bridgehead atoms. The first-order valence-electron chi connectivity index (χ1n) is 6.46. The third kappa shape index (κ3) is 4.95. The second-order valence-electron chi connectivity index (χ2n) is 4.52. The van der Waals surface area contributed by atoms with Gasteiger partial charge in [0.25, 0.3) is 0 Å². The number of carbonyl (C=O) groups is 1. The number of rotatable bonds is 5. The number of carbonyl (C=O) groups excluding carboxylic acids is 1. The van der Waals surface area contributed by atoms with Gasteiger partial charge in [0, 0.05) is 27.0 Å². The van der Waals surface area contributed by atoms with Crippen LogP contribution in [0.2, 0.25) is 10.0 Å². The standard InChI is InChI=1S/C16H15Cl2NOS/c1-21-14-4-2-3-13(10-14)19-16(20)8-6-11-5-7-12(17)9-15(11)18/h2-5,7,9-10H,6,8H2,1H3,(H,19,20). The van der Waals surface area contributed by atoms with E-state index < -0.39 is 0 Å². The maximum absolute atomic E-state index is 12.0. The molecule has 5 heteroatoms. The molecule has 2 rings (SSSR count). The number of benzene rings is 2. The molecule has 0 aliphatic rings. The van der Waals surface area contributed by atoms with Crippen LogP contribution >= 0.6 is 35.0 Å². The number of halogens is 2. The van der Waals surface area contributed by atoms with E-state index in [-0.39, 0.29) is 5.91 Å². The third-order valence-electron chi connectivity index (χ3n) is 2.99. The highest BCUT2D eigenvalue weighted by Gasteiger charge is 2.06. The number of thioether (sulfide) groups is 1. The van der Waals surface area contributed by atoms with Gasteiger partial charge in [-0.05, 0) is 48.6 Å². The predicted octanol–water partition coefficient (Wildman–Crippen LogP) is 5.29. The Bertz CT molecular complexity index is 646. The average Bonchev–Trinajstić information content (AvgIpc) is 2.46. The van der Waals surface area contributed by atoms with E-state index in [0.29, 0.717) is 22.9 Å². The Morgan fingerprint density at radius 3 is 2.71 bits per heavy atom. The van der Waals surface area contributed by atoms with Crippen molar-refractivity contribution in [3.8, 4) is 0 Å². The van der Waals surface area contributed by atoms with E-state index in [1.54, 1.807) is 23.9 Å². The van der Waals surface area contributed by atoms with Crippen LogP contribution < -0.4 is 5.32 Å². The minimum Gasteiger partial charge on any atom is -0.326 e. The summed E-state index contributed by atoms with van der Waals surface area (Å²) in [5.41, 5.74) is 1.74. The lowest BCUT2D eigenvalue weighted by Gasteiger charge is -2.07. The van der Waals surface area contributed by atoms with Crippen molar-refractivity contribution in [2.75, 3.05) is 11.6 Å². The lowest BCUT2D eigenvalue weighted by atomic mass is 10.1. The quantitative estimate of drug-likeness (QED) is 0.750. The fraction of sp³-hybridized carbons (Fsp3) is 0.188. The molecule has 110 valence electrons. The van der Waals surface area contributed by atoms with E-state index in [9.17, 15) is 4.79 Å². The molecule has 1 amide bonds. The third-order valence-corrected chi connectivity index (χ3v) is 4.30. The van der Waals surface area contributed by atoms with Crippen molar-refractivity contribution in [1.82, 2.24) is 0 Å². The van der Waals surface area contributed by atoms with Crippen molar-refractivity contribution >= 4 is 46.6 Å². The number of anilines is 1. The summed E-state index contributed by atoms with van der Waals surface area (Å²) in [5, 5.41) is 4.09. The molecular weight excluding hydrogens is 325 g/mol. The largest absolute Gasteiger partial charge is 0.326 e. The molecule has 0 aliphatic heterocycles. The van der Waals surface area contributed by atoms with E-state index in [4.69, 9.17) is 23.2 Å². The minimum atomic E-state index is -0.0285. The lowest BCUT2D eigenvalue weighted by Crippen LogP contribution is -2.12. The highest BCUT2D eigenvalue weighted by molar-refractivity contribution is 7.98. The summed E-state index contributed by atoms with van der Waals surface area (Å²) >= 11 is 13.6. The van der Waals surface area contributed by atoms with E-state index >= 15 is 0 Å². The molecule has 2 aromatic carbocycles. The van der Waals surface area contributed by atoms with Gasteiger partial charge in [-0.2, -0.15) is 0 Å². The zero-order chi connectivity index (χ0) is 15.2. The molecule has 2 nitrogen and oxygen atoms in total. The highest BCUT2D eigenvalue weighted by Crippen LogP contribution is 2.23. The first-order valence-corrected chi connectivity index (χ1v) is 8.44. The van der Waals surface area contributed by atoms with Gasteiger partial charge in [-0.1, -0.05) is 35.3 Å². The Labute approximate surface area is 138 Å². The SMILES string of the molecule is CSc1cccc(NC(=O)CCc2ccc(Cl)cc2Cl)c1. The number of aryl methyl sites for hydroxylation is 1. The maximum atomic E-state index is 12.0. The number of amides is 1. The van der Waals surface area contributed by atoms with Crippen LogP contribution in [0.25, 0.3) is 0 Å². The summed E-state index contributed by atoms with van der Waals surface area (Å²) in [6, 6.07) is 13.1. The molecule has 0 saturated heterocycles. The Kier molecular flexibility index (Phi) is 5.97. The lowest BCUT2D eigenvalue weighted by molar-refractivity contribution is -0.116. The first kappa shape index (κ1) is 16.2. The number of hydrogen-bond acceptors (Lipinski definition) is 2. The molecule has 2 aromatic rings. The Morgan fingerprint density at radius 1 is 1.19 bits per heavy atom. The Balaban J connectivity index is 1.92. The van der Waals surface area contributed by atoms with Gasteiger partial charge >= 0.3 is 0 Å². The average molecular weight is 340 g/mol. The monoisotopic (exact) mass is 339 g/mol. The van der Waals surface area contributed by atoms with E-state index in [0.717, 1.165) is 16.1 Å². The fourth-order valence-electron chi connectivity index (χ4n) is 1.90. The van der Waals surface area contributed by atoms with Crippen LogP contribution in [-0.2, 0) is 11.2 Å². The van der Waals surface area contributed by atoms with Crippen molar-refractivity contribution in [1.29, 1.82) is 0 Å². The van der Waals surface area contributed by atoms with Crippen LogP contribution in [0.4, 0.5) is 5.69 Å². The number of nitrogens with one attached hydrogen (secondary N) is 1. The molecule has 21 heavy (non-hydrogen) atoms. The molecule has 0 spiro atoms. The van der Waals surface area contributed by atoms with Crippen molar-refractivity contribution in [2.24, 2.45) is 0 Å². The smallest absolute Gasteiger partial charge is 0.224 e. The van der Waals surface area contributed by atoms with Crippen molar-refractivity contribution in [2.45, 2.75) is 17.7 Å². The summed E-state index contributed by atoms with van der Waals surface area (Å²) in [6.07, 6.45) is 2.97. The summed E-state index contributed by atoms with van der Waals surface area (Å²) in [4.78, 5) is 13.1. The van der Waals surface area contributed by atoms with Gasteiger partial charge in [0.05, 0.1) is 0 Å². The summed E-state index contributed by atoms with van der Waals surface area (Å²) < 4.78 is 0. The molecule has 0 aromatic heterocycles. The molecule has 1 N–H and O–H groups in total. The van der Waals surface area contributed by atoms with Crippen LogP contribution in [0.5, 0.6) is 0 Å². The van der Waals surface area contributed by atoms with Gasteiger partial charge in [-0.25, -0.2) is 0 Å². The normalized spacial score (nSPS) is 10.4. The van der Waals surface area contributed by atoms with Crippen LogP contribution in [-0.4, -0.2) is 12.2 Å². The molecular formula is C16H15Cl2NOS. The van der Waals surface area contributed by atoms with Gasteiger partial charge in [-0.3, -0.25) is 4.79 Å². The summed E-state index contributed by atoms with van der Waals surface area (Å²) in [5.74, 6) is -0.0285. The fourth-order valence-corrected chi connectivity index (χ4v) is 2.86. The maximum Gasteiger partial charge on any atom is 0.224 e. The Hall–Kier alpha value is -1.16. The molecule has 0 unspecified atom stereocenters. The van der Waals surface area contributed by atoms with Crippen LogP contribution in [0.3, 0.4) is 0 Å². The summed E-state index contributed by atoms with van der Waals surface area (Å²) in [7, 11) is 0. The van der Waals surface area contributed by atoms with Crippen molar-refractivity contribution in [3.05, 3.63) is 58.1 Å². The topological polar surface area (TPSA) is 29.1 Å². The van der Waals surface area contributed by atoms with E-state index in [1.807, 2.05) is 36.6 Å². The second kappa shape index (κ2) is 7.74. The van der Waals surface area contributed by atoms with E-state index in [1.165, 1.54) is 0 Å². The molecule has 0 saturated carbocycles. The van der Waals surface area contributed by atoms with Gasteiger partial charge in [0.15, 0.2) is 0 Å². The highest BCUT2D eigenvalue weighted by atomic mass is 35.5. The second-order valence-corrected chi connectivity index (χ2v) is 6.24. The zero-order valence-electron chi connectivity index (χ0n) is 11.5. The van der Waals surface area contributed by atoms with Crippen LogP contribution in [0, 0.1) is 0 Å². The van der Waals surface area contributed by atoms with Crippen LogP contribution in [0.15, 0.2) is 47.4 Å². The minimum absolute atomic E-state index is 0.0285. The van der Waals surface area contributed by atoms with E-state index in [2.05, 4.69) is 5.32 Å². The Morgan fingerprint density at radius 2 is 2.00 bits per heavy atom. The number of hydrogen-bond donors (Lipinski definition) is 1. The van der Waals surface area contributed by atoms with Crippen molar-refractivity contribution in [3.63, 3.8) is 0 Å². The molecule has 0 radical (unpaired) electrons. The van der Waals surface area contributed by atoms with Gasteiger partial charge in [-0.15, -0.1) is 11.8 Å². The van der Waals surface area contributed by atoms with Crippen LogP contribution in [0.1, 0.15) is 12.0 Å². The zero-order valence-corrected chi connectivity index (χ0v) is 13.9. The van der Waals surface area contributed by atoms with Gasteiger partial charge in [0.2, 0.25) is 5.91 Å². The van der Waals surface area contributed by atoms with Gasteiger partial charge in [0.1, 0.15) is 0 Å². The van der Waals surface area contributed by atoms with Crippen molar-refractivity contribution < 1.29 is 4.79 Å². The van der Waals surface area contributed by atoms with Gasteiger partial charge < -0.3 is 5.32 Å². The summed E-state index contributed by atoms with van der Waals surface area (Å²) in [6.45, 7) is 0. The predicted molar refractivity (Wildman–Crippen MR) is 91.6 cm³/mol.